The summed E-state index contributed by atoms with van der Waals surface area (Å²) in [6, 6.07) is 2.12. The molecule has 14 heavy (non-hydrogen) atoms. The minimum Gasteiger partial charge on any atom is -0.383 e. The van der Waals surface area contributed by atoms with E-state index < -0.39 is 0 Å². The summed E-state index contributed by atoms with van der Waals surface area (Å²) in [6.45, 7) is 5.25. The van der Waals surface area contributed by atoms with Crippen LogP contribution in [0.1, 0.15) is 18.1 Å². The largest absolute Gasteiger partial charge is 0.383 e. The first-order valence-corrected chi connectivity index (χ1v) is 4.99. The second kappa shape index (κ2) is 4.96. The van der Waals surface area contributed by atoms with E-state index in [-0.39, 0.29) is 0 Å². The van der Waals surface area contributed by atoms with E-state index in [0.29, 0.717) is 11.7 Å². The van der Waals surface area contributed by atoms with Gasteiger partial charge in [-0.05, 0) is 44.0 Å². The van der Waals surface area contributed by atoms with E-state index in [4.69, 9.17) is 5.73 Å². The van der Waals surface area contributed by atoms with E-state index >= 15 is 0 Å². The quantitative estimate of drug-likeness (QED) is 0.759. The lowest BCUT2D eigenvalue weighted by Crippen LogP contribution is -2.18. The summed E-state index contributed by atoms with van der Waals surface area (Å²) in [5.41, 5.74) is 8.13. The Kier molecular flexibility index (Phi) is 3.89. The second-order valence-electron chi connectivity index (χ2n) is 3.92. The molecule has 1 unspecified atom stereocenters. The lowest BCUT2D eigenvalue weighted by molar-refractivity contribution is 0.542. The lowest BCUT2D eigenvalue weighted by atomic mass is 10.0. The zero-order chi connectivity index (χ0) is 10.6. The average Bonchev–Trinajstić information content (AvgIpc) is 2.12. The van der Waals surface area contributed by atoms with Crippen LogP contribution in [0.2, 0.25) is 0 Å². The van der Waals surface area contributed by atoms with Crippen LogP contribution in [0.5, 0.6) is 0 Å². The molecule has 0 aromatic carbocycles. The number of aromatic nitrogens is 1. The van der Waals surface area contributed by atoms with Gasteiger partial charge in [0.1, 0.15) is 5.82 Å². The molecule has 3 heteroatoms. The van der Waals surface area contributed by atoms with E-state index in [2.05, 4.69) is 23.3 Å². The van der Waals surface area contributed by atoms with Gasteiger partial charge in [0.2, 0.25) is 0 Å². The van der Waals surface area contributed by atoms with Gasteiger partial charge in [-0.1, -0.05) is 13.0 Å². The third-order valence-corrected chi connectivity index (χ3v) is 2.26. The smallest absolute Gasteiger partial charge is 0.126 e. The van der Waals surface area contributed by atoms with Crippen LogP contribution in [0.3, 0.4) is 0 Å². The minimum absolute atomic E-state index is 0.589. The standard InChI is InChI=1S/C11H19N3/c1-8(6-13-3)4-10-5-9(2)7-14-11(10)12/h5,7-8,13H,4,6H2,1-3H3,(H2,12,14). The number of nitrogens with two attached hydrogens (primary N) is 1. The van der Waals surface area contributed by atoms with Crippen molar-refractivity contribution in [3.63, 3.8) is 0 Å². The first-order chi connectivity index (χ1) is 6.63. The Morgan fingerprint density at radius 2 is 2.29 bits per heavy atom. The predicted molar refractivity (Wildman–Crippen MR) is 60.2 cm³/mol. The summed E-state index contributed by atoms with van der Waals surface area (Å²) in [5, 5.41) is 3.16. The fraction of sp³-hybridized carbons (Fsp3) is 0.545. The summed E-state index contributed by atoms with van der Waals surface area (Å²) < 4.78 is 0. The van der Waals surface area contributed by atoms with Crippen LogP contribution in [0, 0.1) is 12.8 Å². The number of pyridine rings is 1. The van der Waals surface area contributed by atoms with Gasteiger partial charge in [-0.2, -0.15) is 0 Å². The number of anilines is 1. The fourth-order valence-corrected chi connectivity index (χ4v) is 1.60. The van der Waals surface area contributed by atoms with Gasteiger partial charge < -0.3 is 11.1 Å². The molecule has 0 saturated carbocycles. The topological polar surface area (TPSA) is 50.9 Å². The summed E-state index contributed by atoms with van der Waals surface area (Å²) >= 11 is 0. The highest BCUT2D eigenvalue weighted by Crippen LogP contribution is 2.14. The maximum absolute atomic E-state index is 5.80. The summed E-state index contributed by atoms with van der Waals surface area (Å²) in [5.74, 6) is 1.25. The number of nitrogens with zero attached hydrogens (tertiary/aromatic N) is 1. The monoisotopic (exact) mass is 193 g/mol. The van der Waals surface area contributed by atoms with Crippen molar-refractivity contribution in [1.82, 2.24) is 10.3 Å². The zero-order valence-electron chi connectivity index (χ0n) is 9.17. The number of rotatable bonds is 4. The summed E-state index contributed by atoms with van der Waals surface area (Å²) in [4.78, 5) is 4.15. The Labute approximate surface area is 85.7 Å². The third-order valence-electron chi connectivity index (χ3n) is 2.26. The average molecular weight is 193 g/mol. The van der Waals surface area contributed by atoms with Crippen molar-refractivity contribution in [3.05, 3.63) is 23.4 Å². The van der Waals surface area contributed by atoms with Crippen molar-refractivity contribution in [2.45, 2.75) is 20.3 Å². The molecule has 1 rings (SSSR count). The highest BCUT2D eigenvalue weighted by atomic mass is 14.8. The van der Waals surface area contributed by atoms with E-state index in [1.54, 1.807) is 0 Å². The highest BCUT2D eigenvalue weighted by molar-refractivity contribution is 5.40. The molecule has 3 N–H and O–H groups in total. The number of nitrogen functional groups attached to an aromatic ring is 1. The molecule has 1 atom stereocenters. The van der Waals surface area contributed by atoms with Gasteiger partial charge in [0.05, 0.1) is 0 Å². The molecule has 0 aliphatic heterocycles. The zero-order valence-corrected chi connectivity index (χ0v) is 9.17. The molecule has 0 amide bonds. The summed E-state index contributed by atoms with van der Waals surface area (Å²) in [7, 11) is 1.97. The van der Waals surface area contributed by atoms with Gasteiger partial charge in [0.25, 0.3) is 0 Å². The van der Waals surface area contributed by atoms with Crippen LogP contribution < -0.4 is 11.1 Å². The van der Waals surface area contributed by atoms with Crippen LogP contribution in [0.15, 0.2) is 12.3 Å². The SMILES string of the molecule is CNCC(C)Cc1cc(C)cnc1N. The fourth-order valence-electron chi connectivity index (χ4n) is 1.60. The number of nitrogens with one attached hydrogen (secondary N) is 1. The van der Waals surface area contributed by atoms with Crippen LogP contribution in [-0.4, -0.2) is 18.6 Å². The first kappa shape index (κ1) is 11.0. The normalized spacial score (nSPS) is 12.8. The Morgan fingerprint density at radius 3 is 2.93 bits per heavy atom. The number of hydrogen-bond acceptors (Lipinski definition) is 3. The molecule has 0 fully saturated rings. The highest BCUT2D eigenvalue weighted by Gasteiger charge is 2.06. The number of aryl methyl sites for hydroxylation is 1. The van der Waals surface area contributed by atoms with Crippen LogP contribution in [-0.2, 0) is 6.42 Å². The Hall–Kier alpha value is -1.09. The van der Waals surface area contributed by atoms with E-state index in [9.17, 15) is 0 Å². The molecule has 0 aliphatic carbocycles. The second-order valence-corrected chi connectivity index (χ2v) is 3.92. The first-order valence-electron chi connectivity index (χ1n) is 4.99. The van der Waals surface area contributed by atoms with Crippen molar-refractivity contribution in [2.75, 3.05) is 19.3 Å². The lowest BCUT2D eigenvalue weighted by Gasteiger charge is -2.12. The van der Waals surface area contributed by atoms with Crippen LogP contribution in [0.4, 0.5) is 5.82 Å². The van der Waals surface area contributed by atoms with Crippen molar-refractivity contribution >= 4 is 5.82 Å². The molecule has 0 bridgehead atoms. The maximum Gasteiger partial charge on any atom is 0.126 e. The molecule has 0 saturated heterocycles. The van der Waals surface area contributed by atoms with E-state index in [0.717, 1.165) is 18.5 Å². The van der Waals surface area contributed by atoms with Gasteiger partial charge in [0, 0.05) is 6.20 Å². The molecule has 1 aromatic rings. The maximum atomic E-state index is 5.80. The Bertz CT molecular complexity index is 297. The van der Waals surface area contributed by atoms with Crippen molar-refractivity contribution in [2.24, 2.45) is 5.92 Å². The van der Waals surface area contributed by atoms with E-state index in [1.165, 1.54) is 5.56 Å². The van der Waals surface area contributed by atoms with Crippen LogP contribution >= 0.6 is 0 Å². The van der Waals surface area contributed by atoms with Crippen LogP contribution in [0.25, 0.3) is 0 Å². The van der Waals surface area contributed by atoms with Crippen molar-refractivity contribution in [3.8, 4) is 0 Å². The van der Waals surface area contributed by atoms with Gasteiger partial charge >= 0.3 is 0 Å². The molecule has 3 nitrogen and oxygen atoms in total. The van der Waals surface area contributed by atoms with Gasteiger partial charge in [0.15, 0.2) is 0 Å². The van der Waals surface area contributed by atoms with E-state index in [1.807, 2.05) is 20.2 Å². The molecule has 1 aromatic heterocycles. The van der Waals surface area contributed by atoms with Crippen molar-refractivity contribution in [1.29, 1.82) is 0 Å². The van der Waals surface area contributed by atoms with Gasteiger partial charge in [-0.3, -0.25) is 0 Å². The molecule has 0 radical (unpaired) electrons. The minimum atomic E-state index is 0.589. The molecule has 0 spiro atoms. The van der Waals surface area contributed by atoms with Gasteiger partial charge in [-0.25, -0.2) is 4.98 Å². The predicted octanol–water partition coefficient (Wildman–Crippen LogP) is 1.37. The molecular weight excluding hydrogens is 174 g/mol. The van der Waals surface area contributed by atoms with Crippen molar-refractivity contribution < 1.29 is 0 Å². The molecular formula is C11H19N3. The number of hydrogen-bond donors (Lipinski definition) is 2. The molecule has 0 aliphatic rings. The summed E-state index contributed by atoms with van der Waals surface area (Å²) in [6.07, 6.45) is 2.79. The Morgan fingerprint density at radius 1 is 1.57 bits per heavy atom. The Balaban J connectivity index is 2.70. The molecule has 78 valence electrons. The molecule has 1 heterocycles. The van der Waals surface area contributed by atoms with Gasteiger partial charge in [-0.15, -0.1) is 0 Å². The third kappa shape index (κ3) is 3.00.